The van der Waals surface area contributed by atoms with Crippen molar-refractivity contribution >= 4 is 17.5 Å². The van der Waals surface area contributed by atoms with Crippen LogP contribution in [0.25, 0.3) is 0 Å². The Morgan fingerprint density at radius 1 is 1.67 bits per heavy atom. The van der Waals surface area contributed by atoms with Gasteiger partial charge in [0.15, 0.2) is 0 Å². The van der Waals surface area contributed by atoms with Crippen molar-refractivity contribution in [3.63, 3.8) is 0 Å². The third-order valence-corrected chi connectivity index (χ3v) is 3.51. The lowest BCUT2D eigenvalue weighted by Crippen LogP contribution is -2.35. The maximum atomic E-state index is 11.0. The standard InChI is InChI=1S/C12H17N3O3/c1-7-2-3-15(10(7)6-16)11-4-8(12(17)18)9(13)5-14-11/h4-5,7,10,16H,2-3,6,13H2,1H3,(H,17,18). The molecule has 2 atom stereocenters. The molecule has 0 aliphatic carbocycles. The van der Waals surface area contributed by atoms with E-state index < -0.39 is 5.97 Å². The molecule has 6 nitrogen and oxygen atoms in total. The molecule has 18 heavy (non-hydrogen) atoms. The van der Waals surface area contributed by atoms with E-state index >= 15 is 0 Å². The van der Waals surface area contributed by atoms with Crippen molar-refractivity contribution < 1.29 is 15.0 Å². The number of nitrogens with zero attached hydrogens (tertiary/aromatic N) is 2. The highest BCUT2D eigenvalue weighted by molar-refractivity contribution is 5.94. The van der Waals surface area contributed by atoms with Crippen LogP contribution >= 0.6 is 0 Å². The van der Waals surface area contributed by atoms with Crippen LogP contribution in [0.1, 0.15) is 23.7 Å². The van der Waals surface area contributed by atoms with Gasteiger partial charge >= 0.3 is 5.97 Å². The number of anilines is 2. The molecule has 0 aromatic carbocycles. The summed E-state index contributed by atoms with van der Waals surface area (Å²) in [7, 11) is 0. The van der Waals surface area contributed by atoms with Crippen LogP contribution in [0.5, 0.6) is 0 Å². The lowest BCUT2D eigenvalue weighted by Gasteiger charge is -2.26. The number of rotatable bonds is 3. The van der Waals surface area contributed by atoms with E-state index in [1.807, 2.05) is 4.90 Å². The minimum atomic E-state index is -1.07. The molecule has 98 valence electrons. The van der Waals surface area contributed by atoms with E-state index in [9.17, 15) is 9.90 Å². The number of pyridine rings is 1. The second-order valence-electron chi connectivity index (χ2n) is 4.64. The first-order valence-electron chi connectivity index (χ1n) is 5.91. The number of aliphatic hydroxyl groups excluding tert-OH is 1. The van der Waals surface area contributed by atoms with Crippen molar-refractivity contribution in [2.24, 2.45) is 5.92 Å². The summed E-state index contributed by atoms with van der Waals surface area (Å²) in [5, 5.41) is 18.4. The summed E-state index contributed by atoms with van der Waals surface area (Å²) in [5.74, 6) is -0.142. The second-order valence-corrected chi connectivity index (χ2v) is 4.64. The highest BCUT2D eigenvalue weighted by atomic mass is 16.4. The lowest BCUT2D eigenvalue weighted by molar-refractivity contribution is 0.0698. The minimum absolute atomic E-state index is 0.0113. The van der Waals surface area contributed by atoms with Gasteiger partial charge < -0.3 is 20.8 Å². The number of aromatic carboxylic acids is 1. The SMILES string of the molecule is CC1CCN(c2cc(C(=O)O)c(N)cn2)C1CO. The molecule has 1 fully saturated rings. The molecular formula is C12H17N3O3. The number of nitrogen functional groups attached to an aromatic ring is 1. The highest BCUT2D eigenvalue weighted by Crippen LogP contribution is 2.29. The van der Waals surface area contributed by atoms with Gasteiger partial charge in [-0.15, -0.1) is 0 Å². The van der Waals surface area contributed by atoms with Crippen molar-refractivity contribution in [2.45, 2.75) is 19.4 Å². The Balaban J connectivity index is 2.34. The number of hydrogen-bond acceptors (Lipinski definition) is 5. The van der Waals surface area contributed by atoms with Crippen molar-refractivity contribution in [3.8, 4) is 0 Å². The topological polar surface area (TPSA) is 99.7 Å². The molecule has 1 aliphatic heterocycles. The predicted octanol–water partition coefficient (Wildman–Crippen LogP) is 0.569. The second kappa shape index (κ2) is 4.81. The molecule has 1 aromatic heterocycles. The predicted molar refractivity (Wildman–Crippen MR) is 67.6 cm³/mol. The van der Waals surface area contributed by atoms with Crippen LogP contribution in [-0.2, 0) is 0 Å². The van der Waals surface area contributed by atoms with Crippen molar-refractivity contribution in [2.75, 3.05) is 23.8 Å². The van der Waals surface area contributed by atoms with E-state index in [2.05, 4.69) is 11.9 Å². The first-order chi connectivity index (χ1) is 8.54. The molecule has 0 bridgehead atoms. The van der Waals surface area contributed by atoms with Crippen LogP contribution in [0.15, 0.2) is 12.3 Å². The molecule has 0 spiro atoms. The summed E-state index contributed by atoms with van der Waals surface area (Å²) in [4.78, 5) is 17.1. The van der Waals surface area contributed by atoms with E-state index in [0.717, 1.165) is 13.0 Å². The van der Waals surface area contributed by atoms with Gasteiger partial charge in [-0.1, -0.05) is 6.92 Å². The van der Waals surface area contributed by atoms with Crippen LogP contribution in [0.2, 0.25) is 0 Å². The average Bonchev–Trinajstić information content (AvgIpc) is 2.70. The number of aromatic nitrogens is 1. The Morgan fingerprint density at radius 3 is 3.00 bits per heavy atom. The van der Waals surface area contributed by atoms with E-state index in [1.165, 1.54) is 12.3 Å². The molecule has 0 saturated carbocycles. The Labute approximate surface area is 105 Å². The summed E-state index contributed by atoms with van der Waals surface area (Å²) in [6.45, 7) is 2.87. The molecule has 1 aliphatic rings. The molecule has 4 N–H and O–H groups in total. The number of nitrogens with two attached hydrogens (primary N) is 1. The van der Waals surface area contributed by atoms with Gasteiger partial charge in [-0.3, -0.25) is 0 Å². The van der Waals surface area contributed by atoms with E-state index in [1.54, 1.807) is 0 Å². The molecule has 0 radical (unpaired) electrons. The average molecular weight is 251 g/mol. The van der Waals surface area contributed by atoms with Gasteiger partial charge in [0.2, 0.25) is 0 Å². The molecule has 6 heteroatoms. The third-order valence-electron chi connectivity index (χ3n) is 3.51. The van der Waals surface area contributed by atoms with Gasteiger partial charge in [0.05, 0.1) is 30.1 Å². The monoisotopic (exact) mass is 251 g/mol. The van der Waals surface area contributed by atoms with Crippen LogP contribution in [0, 0.1) is 5.92 Å². The minimum Gasteiger partial charge on any atom is -0.478 e. The zero-order valence-electron chi connectivity index (χ0n) is 10.2. The molecule has 1 aromatic rings. The Kier molecular flexibility index (Phi) is 3.38. The third kappa shape index (κ3) is 2.11. The molecule has 1 saturated heterocycles. The Morgan fingerprint density at radius 2 is 2.39 bits per heavy atom. The molecule has 2 rings (SSSR count). The summed E-state index contributed by atoms with van der Waals surface area (Å²) in [6, 6.07) is 1.46. The number of carboxylic acid groups (broad SMARTS) is 1. The fourth-order valence-electron chi connectivity index (χ4n) is 2.37. The molecule has 2 heterocycles. The fourth-order valence-corrected chi connectivity index (χ4v) is 2.37. The van der Waals surface area contributed by atoms with Gasteiger partial charge in [0, 0.05) is 6.54 Å². The Hall–Kier alpha value is -1.82. The Bertz CT molecular complexity index is 464. The summed E-state index contributed by atoms with van der Waals surface area (Å²) in [5.41, 5.74) is 5.78. The van der Waals surface area contributed by atoms with Crippen LogP contribution in [-0.4, -0.2) is 40.4 Å². The number of aliphatic hydroxyl groups is 1. The van der Waals surface area contributed by atoms with Crippen molar-refractivity contribution in [1.82, 2.24) is 4.98 Å². The zero-order valence-corrected chi connectivity index (χ0v) is 10.2. The smallest absolute Gasteiger partial charge is 0.337 e. The maximum Gasteiger partial charge on any atom is 0.337 e. The van der Waals surface area contributed by atoms with Crippen LogP contribution < -0.4 is 10.6 Å². The van der Waals surface area contributed by atoms with Gasteiger partial charge in [-0.25, -0.2) is 9.78 Å². The van der Waals surface area contributed by atoms with Crippen LogP contribution in [0.4, 0.5) is 11.5 Å². The maximum absolute atomic E-state index is 11.0. The zero-order chi connectivity index (χ0) is 13.3. The van der Waals surface area contributed by atoms with E-state index in [0.29, 0.717) is 11.7 Å². The largest absolute Gasteiger partial charge is 0.478 e. The summed E-state index contributed by atoms with van der Waals surface area (Å²) < 4.78 is 0. The van der Waals surface area contributed by atoms with E-state index in [-0.39, 0.29) is 23.9 Å². The van der Waals surface area contributed by atoms with Gasteiger partial charge in [-0.2, -0.15) is 0 Å². The van der Waals surface area contributed by atoms with Gasteiger partial charge in [-0.05, 0) is 18.4 Å². The van der Waals surface area contributed by atoms with Crippen molar-refractivity contribution in [3.05, 3.63) is 17.8 Å². The quantitative estimate of drug-likeness (QED) is 0.726. The molecular weight excluding hydrogens is 234 g/mol. The lowest BCUT2D eigenvalue weighted by atomic mass is 10.0. The fraction of sp³-hybridized carbons (Fsp3) is 0.500. The number of hydrogen-bond donors (Lipinski definition) is 3. The van der Waals surface area contributed by atoms with Crippen LogP contribution in [0.3, 0.4) is 0 Å². The number of carboxylic acids is 1. The number of carbonyl (C=O) groups is 1. The first-order valence-corrected chi connectivity index (χ1v) is 5.91. The van der Waals surface area contributed by atoms with E-state index in [4.69, 9.17) is 10.8 Å². The molecule has 0 amide bonds. The molecule has 2 unspecified atom stereocenters. The van der Waals surface area contributed by atoms with Crippen molar-refractivity contribution in [1.29, 1.82) is 0 Å². The normalized spacial score (nSPS) is 23.3. The summed E-state index contributed by atoms with van der Waals surface area (Å²) in [6.07, 6.45) is 2.32. The first kappa shape index (κ1) is 12.6. The summed E-state index contributed by atoms with van der Waals surface area (Å²) >= 11 is 0. The van der Waals surface area contributed by atoms with Gasteiger partial charge in [0.1, 0.15) is 5.82 Å². The van der Waals surface area contributed by atoms with Gasteiger partial charge in [0.25, 0.3) is 0 Å². The highest BCUT2D eigenvalue weighted by Gasteiger charge is 2.31.